The minimum absolute atomic E-state index is 0.501. The number of ether oxygens (including phenoxy) is 1. The van der Waals surface area contributed by atoms with Crippen molar-refractivity contribution in [2.24, 2.45) is 0 Å². The van der Waals surface area contributed by atoms with E-state index in [1.807, 2.05) is 54.6 Å². The third-order valence-corrected chi connectivity index (χ3v) is 4.68. The summed E-state index contributed by atoms with van der Waals surface area (Å²) in [6.07, 6.45) is 0. The van der Waals surface area contributed by atoms with Crippen molar-refractivity contribution in [3.63, 3.8) is 0 Å². The van der Waals surface area contributed by atoms with Crippen LogP contribution in [0.25, 0.3) is 22.3 Å². The maximum atomic E-state index is 6.37. The molecule has 4 rings (SSSR count). The van der Waals surface area contributed by atoms with E-state index in [0.29, 0.717) is 21.7 Å². The Hall–Kier alpha value is -2.82. The van der Waals surface area contributed by atoms with Crippen molar-refractivity contribution in [2.75, 3.05) is 12.4 Å². The van der Waals surface area contributed by atoms with Gasteiger partial charge >= 0.3 is 0 Å². The van der Waals surface area contributed by atoms with Crippen LogP contribution in [0.5, 0.6) is 5.75 Å². The zero-order valence-corrected chi connectivity index (χ0v) is 15.9. The minimum Gasteiger partial charge on any atom is -0.495 e. The Balaban J connectivity index is 1.89. The molecule has 0 radical (unpaired) electrons. The summed E-state index contributed by atoms with van der Waals surface area (Å²) in [5.74, 6) is 1.92. The number of methoxy groups -OCH3 is 1. The monoisotopic (exact) mass is 395 g/mol. The van der Waals surface area contributed by atoms with E-state index in [-0.39, 0.29) is 0 Å². The highest BCUT2D eigenvalue weighted by Crippen LogP contribution is 2.33. The molecule has 0 unspecified atom stereocenters. The van der Waals surface area contributed by atoms with Crippen LogP contribution in [0.4, 0.5) is 11.5 Å². The second-order valence-electron chi connectivity index (χ2n) is 5.86. The van der Waals surface area contributed by atoms with Crippen LogP contribution in [0.3, 0.4) is 0 Å². The maximum absolute atomic E-state index is 6.37. The van der Waals surface area contributed by atoms with Crippen molar-refractivity contribution >= 4 is 45.6 Å². The van der Waals surface area contributed by atoms with Gasteiger partial charge in [0.25, 0.3) is 0 Å². The lowest BCUT2D eigenvalue weighted by Crippen LogP contribution is -2.01. The summed E-state index contributed by atoms with van der Waals surface area (Å²) >= 11 is 12.4. The highest BCUT2D eigenvalue weighted by atomic mass is 35.5. The quantitative estimate of drug-likeness (QED) is 0.436. The van der Waals surface area contributed by atoms with E-state index in [2.05, 4.69) is 10.3 Å². The van der Waals surface area contributed by atoms with E-state index in [9.17, 15) is 0 Å². The van der Waals surface area contributed by atoms with Crippen LogP contribution in [0, 0.1) is 0 Å². The van der Waals surface area contributed by atoms with E-state index >= 15 is 0 Å². The lowest BCUT2D eigenvalue weighted by Gasteiger charge is -2.14. The number of rotatable bonds is 4. The number of benzene rings is 3. The van der Waals surface area contributed by atoms with Gasteiger partial charge in [-0.25, -0.2) is 9.97 Å². The molecule has 0 spiro atoms. The number of hydrogen-bond donors (Lipinski definition) is 1. The molecule has 0 amide bonds. The molecule has 3 aromatic carbocycles. The van der Waals surface area contributed by atoms with Gasteiger partial charge in [-0.15, -0.1) is 0 Å². The largest absolute Gasteiger partial charge is 0.495 e. The van der Waals surface area contributed by atoms with Crippen LogP contribution in [-0.2, 0) is 0 Å². The van der Waals surface area contributed by atoms with Gasteiger partial charge in [0.2, 0.25) is 0 Å². The molecular formula is C21H15Cl2N3O. The lowest BCUT2D eigenvalue weighted by molar-refractivity contribution is 0.417. The first-order valence-corrected chi connectivity index (χ1v) is 9.03. The molecular weight excluding hydrogens is 381 g/mol. The molecule has 0 atom stereocenters. The Bertz CT molecular complexity index is 1130. The molecule has 0 fully saturated rings. The van der Waals surface area contributed by atoms with Gasteiger partial charge in [-0.2, -0.15) is 0 Å². The molecule has 0 aliphatic heterocycles. The number of nitrogens with one attached hydrogen (secondary N) is 1. The first-order valence-electron chi connectivity index (χ1n) is 8.28. The summed E-state index contributed by atoms with van der Waals surface area (Å²) in [6, 6.07) is 20.8. The van der Waals surface area contributed by atoms with Crippen LogP contribution < -0.4 is 10.1 Å². The normalized spacial score (nSPS) is 10.8. The minimum atomic E-state index is 0.501. The number of anilines is 2. The molecule has 0 saturated heterocycles. The third kappa shape index (κ3) is 3.54. The summed E-state index contributed by atoms with van der Waals surface area (Å²) < 4.78 is 5.44. The summed E-state index contributed by atoms with van der Waals surface area (Å²) in [4.78, 5) is 9.40. The maximum Gasteiger partial charge on any atom is 0.163 e. The zero-order chi connectivity index (χ0) is 18.8. The van der Waals surface area contributed by atoms with E-state index in [0.717, 1.165) is 27.9 Å². The molecule has 1 heterocycles. The number of nitrogens with zero attached hydrogens (tertiary/aromatic N) is 2. The van der Waals surface area contributed by atoms with Crippen LogP contribution >= 0.6 is 23.2 Å². The first kappa shape index (κ1) is 17.6. The van der Waals surface area contributed by atoms with Crippen LogP contribution in [0.2, 0.25) is 10.0 Å². The summed E-state index contributed by atoms with van der Waals surface area (Å²) in [5.41, 5.74) is 2.35. The molecule has 6 heteroatoms. The Kier molecular flexibility index (Phi) is 4.84. The van der Waals surface area contributed by atoms with Crippen molar-refractivity contribution in [3.05, 3.63) is 76.8 Å². The Labute approximate surface area is 166 Å². The average Bonchev–Trinajstić information content (AvgIpc) is 2.68. The highest BCUT2D eigenvalue weighted by molar-refractivity contribution is 6.36. The summed E-state index contributed by atoms with van der Waals surface area (Å²) in [7, 11) is 1.64. The first-order chi connectivity index (χ1) is 13.2. The lowest BCUT2D eigenvalue weighted by atomic mass is 10.1. The Morgan fingerprint density at radius 1 is 0.889 bits per heavy atom. The van der Waals surface area contributed by atoms with Gasteiger partial charge in [0.15, 0.2) is 5.82 Å². The van der Waals surface area contributed by atoms with Crippen molar-refractivity contribution in [2.45, 2.75) is 0 Å². The van der Waals surface area contributed by atoms with E-state index in [1.165, 1.54) is 0 Å². The Morgan fingerprint density at radius 2 is 1.67 bits per heavy atom. The molecule has 0 aliphatic rings. The van der Waals surface area contributed by atoms with Gasteiger partial charge in [-0.3, -0.25) is 0 Å². The van der Waals surface area contributed by atoms with E-state index in [1.54, 1.807) is 19.2 Å². The van der Waals surface area contributed by atoms with Gasteiger partial charge in [0.05, 0.1) is 23.3 Å². The van der Waals surface area contributed by atoms with Crippen molar-refractivity contribution in [1.29, 1.82) is 0 Å². The average molecular weight is 396 g/mol. The van der Waals surface area contributed by atoms with Crippen LogP contribution in [-0.4, -0.2) is 17.1 Å². The van der Waals surface area contributed by atoms with Crippen LogP contribution in [0.1, 0.15) is 0 Å². The second-order valence-corrected chi connectivity index (χ2v) is 6.71. The van der Waals surface area contributed by atoms with Crippen LogP contribution in [0.15, 0.2) is 66.7 Å². The topological polar surface area (TPSA) is 47.0 Å². The number of fused-ring (bicyclic) bond motifs is 1. The summed E-state index contributed by atoms with van der Waals surface area (Å²) in [6.45, 7) is 0. The number of hydrogen-bond acceptors (Lipinski definition) is 4. The number of aromatic nitrogens is 2. The van der Waals surface area contributed by atoms with Crippen molar-refractivity contribution < 1.29 is 4.74 Å². The number of para-hydroxylation sites is 3. The molecule has 4 nitrogen and oxygen atoms in total. The highest BCUT2D eigenvalue weighted by Gasteiger charge is 2.13. The second kappa shape index (κ2) is 7.43. The molecule has 1 N–H and O–H groups in total. The summed E-state index contributed by atoms with van der Waals surface area (Å²) in [5, 5.41) is 5.33. The fourth-order valence-electron chi connectivity index (χ4n) is 2.84. The molecule has 0 saturated carbocycles. The third-order valence-electron chi connectivity index (χ3n) is 4.14. The van der Waals surface area contributed by atoms with E-state index < -0.39 is 0 Å². The van der Waals surface area contributed by atoms with E-state index in [4.69, 9.17) is 32.9 Å². The molecule has 134 valence electrons. The van der Waals surface area contributed by atoms with Crippen molar-refractivity contribution in [1.82, 2.24) is 9.97 Å². The molecule has 27 heavy (non-hydrogen) atoms. The number of halogens is 2. The van der Waals surface area contributed by atoms with Gasteiger partial charge in [-0.1, -0.05) is 47.5 Å². The Morgan fingerprint density at radius 3 is 2.48 bits per heavy atom. The standard InChI is InChI=1S/C21H15Cl2N3O/c1-27-19-9-5-4-8-18(19)25-21-15-6-2-3-7-17(15)24-20(26-21)14-11-10-13(22)12-16(14)23/h2-12H,1H3,(H,24,25,26). The van der Waals surface area contributed by atoms with Crippen molar-refractivity contribution in [3.8, 4) is 17.1 Å². The van der Waals surface area contributed by atoms with Gasteiger partial charge in [0, 0.05) is 16.0 Å². The predicted octanol–water partition coefficient (Wildman–Crippen LogP) is 6.36. The van der Waals surface area contributed by atoms with Gasteiger partial charge < -0.3 is 10.1 Å². The SMILES string of the molecule is COc1ccccc1Nc1nc(-c2ccc(Cl)cc2Cl)nc2ccccc12. The molecule has 0 bridgehead atoms. The smallest absolute Gasteiger partial charge is 0.163 e. The fourth-order valence-corrected chi connectivity index (χ4v) is 3.33. The molecule has 4 aromatic rings. The fraction of sp³-hybridized carbons (Fsp3) is 0.0476. The van der Waals surface area contributed by atoms with Gasteiger partial charge in [0.1, 0.15) is 11.6 Å². The van der Waals surface area contributed by atoms with Gasteiger partial charge in [-0.05, 0) is 42.5 Å². The molecule has 0 aliphatic carbocycles. The predicted molar refractivity (Wildman–Crippen MR) is 111 cm³/mol. The zero-order valence-electron chi connectivity index (χ0n) is 14.4. The molecule has 1 aromatic heterocycles.